The summed E-state index contributed by atoms with van der Waals surface area (Å²) in [4.78, 5) is 29.7. The molecule has 2 aliphatic rings. The SMILES string of the molecule is CC(C)N1CCN(C(=O)N2CC[N+](C)(CC(=O)O)CC2)CC1. The van der Waals surface area contributed by atoms with Gasteiger partial charge in [-0.2, -0.15) is 0 Å². The first-order valence-corrected chi connectivity index (χ1v) is 8.14. The first-order chi connectivity index (χ1) is 10.3. The van der Waals surface area contributed by atoms with Crippen LogP contribution in [0.5, 0.6) is 0 Å². The lowest BCUT2D eigenvalue weighted by Gasteiger charge is -2.44. The molecule has 0 aromatic carbocycles. The largest absolute Gasteiger partial charge is 0.477 e. The van der Waals surface area contributed by atoms with Gasteiger partial charge in [0.25, 0.3) is 0 Å². The zero-order valence-electron chi connectivity index (χ0n) is 14.0. The number of aliphatic carboxylic acids is 1. The van der Waals surface area contributed by atoms with Crippen molar-refractivity contribution in [3.63, 3.8) is 0 Å². The van der Waals surface area contributed by atoms with Crippen LogP contribution in [-0.4, -0.2) is 108 Å². The van der Waals surface area contributed by atoms with Gasteiger partial charge in [0, 0.05) is 32.2 Å². The van der Waals surface area contributed by atoms with Crippen LogP contribution in [0.25, 0.3) is 0 Å². The van der Waals surface area contributed by atoms with E-state index in [0.717, 1.165) is 26.2 Å². The van der Waals surface area contributed by atoms with Crippen molar-refractivity contribution in [2.75, 3.05) is 66.0 Å². The van der Waals surface area contributed by atoms with Gasteiger partial charge in [-0.25, -0.2) is 9.59 Å². The number of carboxylic acids is 1. The highest BCUT2D eigenvalue weighted by Gasteiger charge is 2.35. The van der Waals surface area contributed by atoms with Gasteiger partial charge in [0.1, 0.15) is 0 Å². The third kappa shape index (κ3) is 4.10. The van der Waals surface area contributed by atoms with Crippen LogP contribution < -0.4 is 0 Å². The molecule has 0 aromatic heterocycles. The Balaban J connectivity index is 1.82. The van der Waals surface area contributed by atoms with Gasteiger partial charge in [0.2, 0.25) is 0 Å². The Morgan fingerprint density at radius 1 is 1.00 bits per heavy atom. The second kappa shape index (κ2) is 6.83. The molecule has 0 aliphatic carbocycles. The molecule has 0 unspecified atom stereocenters. The van der Waals surface area contributed by atoms with Crippen LogP contribution in [0.4, 0.5) is 4.79 Å². The summed E-state index contributed by atoms with van der Waals surface area (Å²) in [6, 6.07) is 0.645. The standard InChI is InChI=1S/C15H28N4O3/c1-13(2)16-4-6-17(7-5-16)15(22)18-8-10-19(3,11-9-18)12-14(20)21/h13H,4-12H2,1-3H3/p+1. The lowest BCUT2D eigenvalue weighted by molar-refractivity contribution is -0.906. The molecule has 0 atom stereocenters. The van der Waals surface area contributed by atoms with Crippen LogP contribution in [-0.2, 0) is 4.79 Å². The van der Waals surface area contributed by atoms with Crippen LogP contribution in [0, 0.1) is 0 Å². The summed E-state index contributed by atoms with van der Waals surface area (Å²) in [7, 11) is 1.96. The van der Waals surface area contributed by atoms with Crippen molar-refractivity contribution < 1.29 is 19.2 Å². The number of hydrogen-bond acceptors (Lipinski definition) is 3. The van der Waals surface area contributed by atoms with Gasteiger partial charge in [0.15, 0.2) is 6.54 Å². The van der Waals surface area contributed by atoms with Crippen molar-refractivity contribution in [1.82, 2.24) is 14.7 Å². The molecule has 0 aromatic rings. The number of urea groups is 1. The summed E-state index contributed by atoms with van der Waals surface area (Å²) in [5, 5.41) is 8.97. The Bertz CT molecular complexity index is 411. The number of amides is 2. The maximum Gasteiger partial charge on any atom is 0.359 e. The van der Waals surface area contributed by atoms with Gasteiger partial charge in [0.05, 0.1) is 33.2 Å². The first kappa shape index (κ1) is 17.0. The molecule has 0 saturated carbocycles. The van der Waals surface area contributed by atoms with E-state index in [2.05, 4.69) is 18.7 Å². The zero-order chi connectivity index (χ0) is 16.3. The Morgan fingerprint density at radius 2 is 1.50 bits per heavy atom. The van der Waals surface area contributed by atoms with Crippen LogP contribution >= 0.6 is 0 Å². The fourth-order valence-electron chi connectivity index (χ4n) is 3.25. The summed E-state index contributed by atoms with van der Waals surface area (Å²) in [5.41, 5.74) is 0. The monoisotopic (exact) mass is 313 g/mol. The Kier molecular flexibility index (Phi) is 5.28. The fraction of sp³-hybridized carbons (Fsp3) is 0.867. The van der Waals surface area contributed by atoms with Gasteiger partial charge in [-0.05, 0) is 13.8 Å². The van der Waals surface area contributed by atoms with E-state index in [9.17, 15) is 9.59 Å². The summed E-state index contributed by atoms with van der Waals surface area (Å²) in [6.45, 7) is 10.7. The number of carbonyl (C=O) groups is 2. The second-order valence-corrected chi connectivity index (χ2v) is 7.00. The average Bonchev–Trinajstić information content (AvgIpc) is 2.46. The number of hydrogen-bond donors (Lipinski definition) is 1. The molecular weight excluding hydrogens is 284 g/mol. The number of nitrogens with zero attached hydrogens (tertiary/aromatic N) is 4. The number of quaternary nitrogens is 1. The van der Waals surface area contributed by atoms with Gasteiger partial charge in [-0.1, -0.05) is 0 Å². The minimum Gasteiger partial charge on any atom is -0.477 e. The molecule has 7 heteroatoms. The van der Waals surface area contributed by atoms with Crippen LogP contribution in [0.2, 0.25) is 0 Å². The first-order valence-electron chi connectivity index (χ1n) is 8.14. The molecule has 22 heavy (non-hydrogen) atoms. The van der Waals surface area contributed by atoms with Crippen molar-refractivity contribution in [3.8, 4) is 0 Å². The summed E-state index contributed by atoms with van der Waals surface area (Å²) in [6.07, 6.45) is 0. The van der Waals surface area contributed by atoms with Crippen molar-refractivity contribution >= 4 is 12.0 Å². The minimum absolute atomic E-state index is 0.116. The van der Waals surface area contributed by atoms with E-state index < -0.39 is 5.97 Å². The van der Waals surface area contributed by atoms with Gasteiger partial charge < -0.3 is 19.4 Å². The highest BCUT2D eigenvalue weighted by Crippen LogP contribution is 2.14. The Labute approximate surface area is 132 Å². The molecule has 0 spiro atoms. The molecule has 7 nitrogen and oxygen atoms in total. The van der Waals surface area contributed by atoms with E-state index in [1.165, 1.54) is 0 Å². The topological polar surface area (TPSA) is 64.1 Å². The molecule has 1 N–H and O–H groups in total. The van der Waals surface area contributed by atoms with Gasteiger partial charge in [-0.15, -0.1) is 0 Å². The number of likely N-dealkylation sites (N-methyl/N-ethyl adjacent to an activating group) is 1. The van der Waals surface area contributed by atoms with Gasteiger partial charge in [-0.3, -0.25) is 4.90 Å². The lowest BCUT2D eigenvalue weighted by Crippen LogP contribution is -2.62. The summed E-state index contributed by atoms with van der Waals surface area (Å²) < 4.78 is 0.514. The maximum atomic E-state index is 12.6. The molecular formula is C15H29N4O3+. The number of rotatable bonds is 3. The Morgan fingerprint density at radius 3 is 1.95 bits per heavy atom. The number of piperazine rings is 2. The predicted octanol–water partition coefficient (Wildman–Crippen LogP) is -0.0208. The van der Waals surface area contributed by atoms with E-state index in [1.54, 1.807) is 0 Å². The smallest absolute Gasteiger partial charge is 0.359 e. The lowest BCUT2D eigenvalue weighted by atomic mass is 10.2. The average molecular weight is 313 g/mol. The molecule has 0 radical (unpaired) electrons. The van der Waals surface area contributed by atoms with E-state index in [4.69, 9.17) is 5.11 Å². The molecule has 2 amide bonds. The van der Waals surface area contributed by atoms with Crippen LogP contribution in [0.15, 0.2) is 0 Å². The predicted molar refractivity (Wildman–Crippen MR) is 83.7 cm³/mol. The molecule has 0 bridgehead atoms. The molecule has 2 heterocycles. The number of carboxylic acid groups (broad SMARTS) is 1. The third-order valence-corrected chi connectivity index (χ3v) is 4.92. The van der Waals surface area contributed by atoms with E-state index in [0.29, 0.717) is 36.7 Å². The van der Waals surface area contributed by atoms with Crippen molar-refractivity contribution in [3.05, 3.63) is 0 Å². The molecule has 126 valence electrons. The van der Waals surface area contributed by atoms with Crippen molar-refractivity contribution in [2.24, 2.45) is 0 Å². The maximum absolute atomic E-state index is 12.6. The molecule has 2 aliphatic heterocycles. The summed E-state index contributed by atoms with van der Waals surface area (Å²) >= 11 is 0. The van der Waals surface area contributed by atoms with Crippen LogP contribution in [0.3, 0.4) is 0 Å². The van der Waals surface area contributed by atoms with Crippen molar-refractivity contribution in [1.29, 1.82) is 0 Å². The number of carbonyl (C=O) groups excluding carboxylic acids is 1. The highest BCUT2D eigenvalue weighted by atomic mass is 16.4. The van der Waals surface area contributed by atoms with E-state index in [1.807, 2.05) is 16.8 Å². The minimum atomic E-state index is -0.771. The quantitative estimate of drug-likeness (QED) is 0.744. The van der Waals surface area contributed by atoms with Gasteiger partial charge >= 0.3 is 12.0 Å². The summed E-state index contributed by atoms with van der Waals surface area (Å²) in [5.74, 6) is -0.771. The third-order valence-electron chi connectivity index (χ3n) is 4.92. The zero-order valence-corrected chi connectivity index (χ0v) is 14.0. The molecule has 2 saturated heterocycles. The Hall–Kier alpha value is -1.34. The molecule has 2 rings (SSSR count). The van der Waals surface area contributed by atoms with Crippen molar-refractivity contribution in [2.45, 2.75) is 19.9 Å². The normalized spacial score (nSPS) is 22.9. The van der Waals surface area contributed by atoms with E-state index >= 15 is 0 Å². The molecule has 2 fully saturated rings. The van der Waals surface area contributed by atoms with Crippen LogP contribution in [0.1, 0.15) is 13.8 Å². The van der Waals surface area contributed by atoms with E-state index in [-0.39, 0.29) is 12.6 Å². The highest BCUT2D eigenvalue weighted by molar-refractivity contribution is 5.74. The second-order valence-electron chi connectivity index (χ2n) is 7.00. The fourth-order valence-corrected chi connectivity index (χ4v) is 3.25.